The molecular weight excluding hydrogens is 588 g/mol. The molecule has 0 bridgehead atoms. The number of hydrogen-bond acceptors (Lipinski definition) is 8. The van der Waals surface area contributed by atoms with Gasteiger partial charge < -0.3 is 29.9 Å². The van der Waals surface area contributed by atoms with E-state index in [1.807, 2.05) is 36.4 Å². The largest absolute Gasteiger partial charge is 0.508 e. The summed E-state index contributed by atoms with van der Waals surface area (Å²) in [7, 11) is 1.80. The van der Waals surface area contributed by atoms with E-state index in [0.717, 1.165) is 22.4 Å². The summed E-state index contributed by atoms with van der Waals surface area (Å²) in [6.45, 7) is 4.61. The van der Waals surface area contributed by atoms with Crippen molar-refractivity contribution >= 4 is 29.5 Å². The van der Waals surface area contributed by atoms with Gasteiger partial charge in [-0.2, -0.15) is 5.01 Å². The molecule has 3 aliphatic rings. The second kappa shape index (κ2) is 12.9. The number of para-hydroxylation sites is 1. The number of phenolic OH excluding ortho intramolecular Hbond substituents is 1. The normalized spacial score (nSPS) is 19.4. The maximum absolute atomic E-state index is 14.2. The summed E-state index contributed by atoms with van der Waals surface area (Å²) in [6.07, 6.45) is 1.19. The Hall–Kier alpha value is -5.36. The number of nitrogens with zero attached hydrogens (tertiary/aromatic N) is 5. The summed E-state index contributed by atoms with van der Waals surface area (Å²) in [6, 6.07) is 20.2. The van der Waals surface area contributed by atoms with Crippen LogP contribution in [0, 0.1) is 0 Å². The predicted octanol–water partition coefficient (Wildman–Crippen LogP) is 2.48. The van der Waals surface area contributed by atoms with Crippen molar-refractivity contribution in [1.82, 2.24) is 25.1 Å². The number of nitrogens with one attached hydrogen (secondary N) is 1. The number of anilines is 1. The number of likely N-dealkylation sites (N-methyl/N-ethyl adjacent to an activating group) is 1. The minimum Gasteiger partial charge on any atom is -0.508 e. The molecule has 3 aliphatic heterocycles. The fraction of sp³-hybridized carbons (Fsp3) is 0.294. The molecule has 0 radical (unpaired) electrons. The third-order valence-electron chi connectivity index (χ3n) is 8.48. The molecule has 46 heavy (non-hydrogen) atoms. The molecule has 12 heteroatoms. The van der Waals surface area contributed by atoms with Crippen LogP contribution in [0.1, 0.15) is 16.7 Å². The van der Waals surface area contributed by atoms with Gasteiger partial charge >= 0.3 is 12.0 Å². The van der Waals surface area contributed by atoms with Crippen LogP contribution in [0.4, 0.5) is 10.5 Å². The molecule has 0 saturated carbocycles. The molecule has 2 saturated heterocycles. The number of aromatic hydroxyl groups is 1. The lowest BCUT2D eigenvalue weighted by Crippen LogP contribution is -2.66. The van der Waals surface area contributed by atoms with Gasteiger partial charge in [0.25, 0.3) is 0 Å². The number of ether oxygens (including phenoxy) is 1. The second-order valence-corrected chi connectivity index (χ2v) is 11.6. The molecule has 3 aromatic carbocycles. The van der Waals surface area contributed by atoms with Crippen LogP contribution in [0.15, 0.2) is 85.5 Å². The van der Waals surface area contributed by atoms with Crippen LogP contribution in [0.3, 0.4) is 0 Å². The number of benzene rings is 3. The Bertz CT molecular complexity index is 1650. The SMILES string of the molecule is C=CCN(C(=O)NCc1ccccc1)N1CC(=O)N2[C@@H](Cc3ccc(O)cc3)C(=O)N(Cc3cccc4c3N(C)CC(=O)O4)C[C@@H]21. The maximum atomic E-state index is 14.2. The first-order valence-corrected chi connectivity index (χ1v) is 15.1. The van der Waals surface area contributed by atoms with E-state index in [2.05, 4.69) is 11.9 Å². The predicted molar refractivity (Wildman–Crippen MR) is 169 cm³/mol. The van der Waals surface area contributed by atoms with Gasteiger partial charge in [-0.3, -0.25) is 14.6 Å². The molecule has 0 spiro atoms. The van der Waals surface area contributed by atoms with Gasteiger partial charge in [-0.25, -0.2) is 9.59 Å². The van der Waals surface area contributed by atoms with Gasteiger partial charge in [-0.1, -0.05) is 60.7 Å². The lowest BCUT2D eigenvalue weighted by Gasteiger charge is -2.46. The number of hydrazine groups is 1. The van der Waals surface area contributed by atoms with Crippen molar-refractivity contribution in [3.8, 4) is 11.5 Å². The quantitative estimate of drug-likeness (QED) is 0.211. The number of fused-ring (bicyclic) bond motifs is 2. The Kier molecular flexibility index (Phi) is 8.62. The third kappa shape index (κ3) is 6.11. The first kappa shape index (κ1) is 30.7. The van der Waals surface area contributed by atoms with Gasteiger partial charge in [0.1, 0.15) is 24.5 Å². The zero-order valence-corrected chi connectivity index (χ0v) is 25.5. The third-order valence-corrected chi connectivity index (χ3v) is 8.48. The van der Waals surface area contributed by atoms with Crippen molar-refractivity contribution in [3.05, 3.63) is 102 Å². The summed E-state index contributed by atoms with van der Waals surface area (Å²) in [5, 5.41) is 16.0. The second-order valence-electron chi connectivity index (χ2n) is 11.6. The van der Waals surface area contributed by atoms with E-state index in [4.69, 9.17) is 4.74 Å². The van der Waals surface area contributed by atoms with Crippen molar-refractivity contribution in [1.29, 1.82) is 0 Å². The summed E-state index contributed by atoms with van der Waals surface area (Å²) in [5.41, 5.74) is 3.21. The van der Waals surface area contributed by atoms with Gasteiger partial charge in [0, 0.05) is 26.6 Å². The van der Waals surface area contributed by atoms with E-state index >= 15 is 0 Å². The Morgan fingerprint density at radius 3 is 2.52 bits per heavy atom. The molecule has 3 heterocycles. The highest BCUT2D eigenvalue weighted by Gasteiger charge is 2.52. The van der Waals surface area contributed by atoms with Gasteiger partial charge in [-0.15, -0.1) is 6.58 Å². The number of carbonyl (C=O) groups is 4. The highest BCUT2D eigenvalue weighted by molar-refractivity contribution is 5.92. The molecule has 2 atom stereocenters. The molecule has 0 aromatic heterocycles. The van der Waals surface area contributed by atoms with Crippen LogP contribution < -0.4 is 15.0 Å². The molecule has 238 valence electrons. The van der Waals surface area contributed by atoms with E-state index in [1.54, 1.807) is 69.2 Å². The van der Waals surface area contributed by atoms with Crippen molar-refractivity contribution in [3.63, 3.8) is 0 Å². The van der Waals surface area contributed by atoms with Gasteiger partial charge in [-0.05, 0) is 34.9 Å². The highest BCUT2D eigenvalue weighted by atomic mass is 16.5. The average molecular weight is 625 g/mol. The summed E-state index contributed by atoms with van der Waals surface area (Å²) in [4.78, 5) is 58.7. The minimum absolute atomic E-state index is 0.0781. The van der Waals surface area contributed by atoms with Crippen LogP contribution in [0.25, 0.3) is 0 Å². The van der Waals surface area contributed by atoms with Crippen LogP contribution in [-0.2, 0) is 33.9 Å². The van der Waals surface area contributed by atoms with Crippen LogP contribution in [0.5, 0.6) is 11.5 Å². The lowest BCUT2D eigenvalue weighted by atomic mass is 9.99. The fourth-order valence-electron chi connectivity index (χ4n) is 6.38. The number of amides is 4. The van der Waals surface area contributed by atoms with Crippen molar-refractivity contribution < 1.29 is 29.0 Å². The van der Waals surface area contributed by atoms with Crippen LogP contribution >= 0.6 is 0 Å². The number of rotatable bonds is 9. The van der Waals surface area contributed by atoms with Crippen LogP contribution in [-0.4, -0.2) is 94.2 Å². The highest BCUT2D eigenvalue weighted by Crippen LogP contribution is 2.37. The number of piperazine rings is 1. The van der Waals surface area contributed by atoms with E-state index in [0.29, 0.717) is 12.3 Å². The Morgan fingerprint density at radius 2 is 1.78 bits per heavy atom. The molecule has 4 amide bonds. The number of phenols is 1. The number of esters is 1. The average Bonchev–Trinajstić information content (AvgIpc) is 3.36. The molecule has 2 N–H and O–H groups in total. The lowest BCUT2D eigenvalue weighted by molar-refractivity contribution is -0.157. The summed E-state index contributed by atoms with van der Waals surface area (Å²) >= 11 is 0. The van der Waals surface area contributed by atoms with Crippen molar-refractivity contribution in [2.75, 3.05) is 38.1 Å². The molecule has 12 nitrogen and oxygen atoms in total. The zero-order chi connectivity index (χ0) is 32.4. The maximum Gasteiger partial charge on any atom is 0.332 e. The summed E-state index contributed by atoms with van der Waals surface area (Å²) < 4.78 is 5.48. The molecule has 3 aromatic rings. The van der Waals surface area contributed by atoms with Gasteiger partial charge in [0.05, 0.1) is 25.3 Å². The van der Waals surface area contributed by atoms with Crippen molar-refractivity contribution in [2.45, 2.75) is 31.7 Å². The Labute approximate surface area is 267 Å². The number of hydrogen-bond donors (Lipinski definition) is 2. The van der Waals surface area contributed by atoms with E-state index in [9.17, 15) is 24.3 Å². The van der Waals surface area contributed by atoms with Gasteiger partial charge in [0.15, 0.2) is 5.75 Å². The Morgan fingerprint density at radius 1 is 1.02 bits per heavy atom. The molecule has 2 fully saturated rings. The molecule has 6 rings (SSSR count). The molecule has 0 unspecified atom stereocenters. The monoisotopic (exact) mass is 624 g/mol. The molecular formula is C34H36N6O6. The van der Waals surface area contributed by atoms with E-state index in [1.165, 1.54) is 5.01 Å². The standard InChI is InChI=1S/C34H36N6O6/c1-3-16-38(34(45)35-18-24-8-5-4-6-9-24)39-21-30(42)40-27(17-23-12-14-26(41)15-13-23)33(44)37(20-29(39)40)19-25-10-7-11-28-32(25)36(2)22-31(43)46-28/h3-15,27,29,41H,1,16-22H2,2H3,(H,35,45)/t27-,29+/m0/s1. The molecule has 0 aliphatic carbocycles. The van der Waals surface area contributed by atoms with Crippen molar-refractivity contribution in [2.24, 2.45) is 0 Å². The minimum atomic E-state index is -0.853. The number of urea groups is 1. The van der Waals surface area contributed by atoms with Crippen LogP contribution in [0.2, 0.25) is 0 Å². The zero-order valence-electron chi connectivity index (χ0n) is 25.5. The first-order valence-electron chi connectivity index (χ1n) is 15.1. The number of carbonyl (C=O) groups excluding carboxylic acids is 4. The first-order chi connectivity index (χ1) is 22.2. The smallest absolute Gasteiger partial charge is 0.332 e. The topological polar surface area (TPSA) is 126 Å². The Balaban J connectivity index is 1.32. The van der Waals surface area contributed by atoms with E-state index in [-0.39, 0.29) is 62.7 Å². The summed E-state index contributed by atoms with van der Waals surface area (Å²) in [5.74, 6) is -0.347. The van der Waals surface area contributed by atoms with E-state index < -0.39 is 18.2 Å². The fourth-order valence-corrected chi connectivity index (χ4v) is 6.38. The van der Waals surface area contributed by atoms with Gasteiger partial charge in [0.2, 0.25) is 11.8 Å².